The van der Waals surface area contributed by atoms with Crippen molar-refractivity contribution in [3.8, 4) is 0 Å². The van der Waals surface area contributed by atoms with Gasteiger partial charge in [0.05, 0.1) is 22.3 Å². The molecule has 0 radical (unpaired) electrons. The van der Waals surface area contributed by atoms with Crippen LogP contribution in [0.3, 0.4) is 0 Å². The van der Waals surface area contributed by atoms with Crippen molar-refractivity contribution in [2.45, 2.75) is 20.4 Å². The molecule has 0 atom stereocenters. The second-order valence-corrected chi connectivity index (χ2v) is 6.73. The average Bonchev–Trinajstić information content (AvgIpc) is 2.49. The molecule has 0 fully saturated rings. The molecule has 1 aromatic heterocycles. The van der Waals surface area contributed by atoms with Gasteiger partial charge in [-0.3, -0.25) is 14.2 Å². The number of carbonyl (C=O) groups excluding carboxylic acids is 1. The molecule has 1 heterocycles. The molecule has 3 rings (SSSR count). The number of carbonyl (C=O) groups is 1. The van der Waals surface area contributed by atoms with Crippen molar-refractivity contribution in [2.24, 2.45) is 0 Å². The summed E-state index contributed by atoms with van der Waals surface area (Å²) in [4.78, 5) is 29.0. The van der Waals surface area contributed by atoms with Gasteiger partial charge in [0, 0.05) is 10.7 Å². The number of aromatic nitrogens is 2. The van der Waals surface area contributed by atoms with Crippen molar-refractivity contribution in [2.75, 3.05) is 5.32 Å². The van der Waals surface area contributed by atoms with E-state index in [9.17, 15) is 9.59 Å². The second kappa shape index (κ2) is 6.86. The van der Waals surface area contributed by atoms with Gasteiger partial charge < -0.3 is 5.32 Å². The molecule has 0 bridgehead atoms. The van der Waals surface area contributed by atoms with Crippen LogP contribution in [0.2, 0.25) is 10.0 Å². The van der Waals surface area contributed by atoms with E-state index in [0.717, 1.165) is 11.1 Å². The van der Waals surface area contributed by atoms with Gasteiger partial charge in [0.1, 0.15) is 6.54 Å². The van der Waals surface area contributed by atoms with Gasteiger partial charge in [-0.05, 0) is 49.2 Å². The van der Waals surface area contributed by atoms with E-state index in [1.165, 1.54) is 23.0 Å². The molecule has 0 spiro atoms. The highest BCUT2D eigenvalue weighted by molar-refractivity contribution is 6.38. The summed E-state index contributed by atoms with van der Waals surface area (Å²) in [7, 11) is 0. The molecule has 0 aliphatic heterocycles. The Balaban J connectivity index is 1.88. The molecule has 5 nitrogen and oxygen atoms in total. The smallest absolute Gasteiger partial charge is 0.261 e. The molecule has 0 unspecified atom stereocenters. The Labute approximate surface area is 154 Å². The predicted molar refractivity (Wildman–Crippen MR) is 101 cm³/mol. The Bertz CT molecular complexity index is 1020. The van der Waals surface area contributed by atoms with Crippen molar-refractivity contribution in [3.05, 3.63) is 68.2 Å². The average molecular weight is 376 g/mol. The number of amides is 1. The first-order valence-electron chi connectivity index (χ1n) is 7.56. The van der Waals surface area contributed by atoms with E-state index >= 15 is 0 Å². The number of hydrogen-bond donors (Lipinski definition) is 1. The number of aryl methyl sites for hydroxylation is 2. The zero-order chi connectivity index (χ0) is 18.1. The maximum Gasteiger partial charge on any atom is 0.261 e. The normalized spacial score (nSPS) is 10.9. The lowest BCUT2D eigenvalue weighted by molar-refractivity contribution is -0.116. The van der Waals surface area contributed by atoms with Crippen molar-refractivity contribution in [1.29, 1.82) is 0 Å². The van der Waals surface area contributed by atoms with Crippen molar-refractivity contribution in [3.63, 3.8) is 0 Å². The number of nitrogens with zero attached hydrogens (tertiary/aromatic N) is 2. The van der Waals surface area contributed by atoms with Gasteiger partial charge in [-0.2, -0.15) is 0 Å². The van der Waals surface area contributed by atoms with Crippen LogP contribution < -0.4 is 10.9 Å². The van der Waals surface area contributed by atoms with Gasteiger partial charge in [0.15, 0.2) is 0 Å². The summed E-state index contributed by atoms with van der Waals surface area (Å²) < 4.78 is 1.23. The Kier molecular flexibility index (Phi) is 4.79. The summed E-state index contributed by atoms with van der Waals surface area (Å²) in [5.74, 6) is -0.318. The first kappa shape index (κ1) is 17.5. The van der Waals surface area contributed by atoms with Crippen LogP contribution in [0.5, 0.6) is 0 Å². The highest BCUT2D eigenvalue weighted by Crippen LogP contribution is 2.24. The van der Waals surface area contributed by atoms with E-state index in [-0.39, 0.29) is 23.4 Å². The lowest BCUT2D eigenvalue weighted by atomic mass is 10.1. The topological polar surface area (TPSA) is 64.0 Å². The molecule has 7 heteroatoms. The molecule has 0 aliphatic carbocycles. The molecule has 1 N–H and O–H groups in total. The molecule has 3 aromatic rings. The van der Waals surface area contributed by atoms with Gasteiger partial charge in [0.25, 0.3) is 5.56 Å². The summed E-state index contributed by atoms with van der Waals surface area (Å²) in [6.45, 7) is 3.75. The highest BCUT2D eigenvalue weighted by atomic mass is 35.5. The summed E-state index contributed by atoms with van der Waals surface area (Å²) >= 11 is 12.0. The molecular weight excluding hydrogens is 361 g/mol. The molecule has 0 aliphatic rings. The Morgan fingerprint density at radius 3 is 2.48 bits per heavy atom. The molecule has 25 heavy (non-hydrogen) atoms. The summed E-state index contributed by atoms with van der Waals surface area (Å²) in [5, 5.41) is 3.71. The minimum atomic E-state index is -0.370. The number of anilines is 1. The second-order valence-electron chi connectivity index (χ2n) is 5.89. The fourth-order valence-corrected chi connectivity index (χ4v) is 3.25. The maximum absolute atomic E-state index is 12.6. The number of hydrogen-bond acceptors (Lipinski definition) is 3. The van der Waals surface area contributed by atoms with Crippen LogP contribution in [-0.2, 0) is 11.3 Å². The first-order chi connectivity index (χ1) is 11.8. The quantitative estimate of drug-likeness (QED) is 0.753. The van der Waals surface area contributed by atoms with E-state index in [1.807, 2.05) is 32.0 Å². The Hall–Kier alpha value is -2.37. The van der Waals surface area contributed by atoms with E-state index < -0.39 is 0 Å². The molecular formula is C18H15Cl2N3O2. The van der Waals surface area contributed by atoms with E-state index in [1.54, 1.807) is 0 Å². The van der Waals surface area contributed by atoms with Crippen molar-refractivity contribution in [1.82, 2.24) is 9.55 Å². The minimum absolute atomic E-state index is 0.154. The third-order valence-electron chi connectivity index (χ3n) is 3.67. The number of fused-ring (bicyclic) bond motifs is 1. The lowest BCUT2D eigenvalue weighted by Crippen LogP contribution is -2.28. The zero-order valence-electron chi connectivity index (χ0n) is 13.6. The lowest BCUT2D eigenvalue weighted by Gasteiger charge is -2.10. The van der Waals surface area contributed by atoms with Gasteiger partial charge in [0.2, 0.25) is 5.91 Å². The van der Waals surface area contributed by atoms with Crippen LogP contribution in [0.15, 0.2) is 41.5 Å². The van der Waals surface area contributed by atoms with Crippen molar-refractivity contribution < 1.29 is 4.79 Å². The van der Waals surface area contributed by atoms with Crippen LogP contribution in [0.4, 0.5) is 5.69 Å². The van der Waals surface area contributed by atoms with Crippen LogP contribution in [0.25, 0.3) is 10.9 Å². The zero-order valence-corrected chi connectivity index (χ0v) is 15.1. The predicted octanol–water partition coefficient (Wildman–Crippen LogP) is 3.96. The molecule has 0 saturated carbocycles. The number of nitrogens with one attached hydrogen (secondary N) is 1. The van der Waals surface area contributed by atoms with Gasteiger partial charge in [-0.15, -0.1) is 0 Å². The highest BCUT2D eigenvalue weighted by Gasteiger charge is 2.11. The summed E-state index contributed by atoms with van der Waals surface area (Å²) in [6, 6.07) is 8.77. The Morgan fingerprint density at radius 1 is 1.12 bits per heavy atom. The van der Waals surface area contributed by atoms with E-state index in [2.05, 4.69) is 10.3 Å². The fourth-order valence-electron chi connectivity index (χ4n) is 2.71. The SMILES string of the molecule is Cc1cc(C)cc(NC(=O)Cn2cnc3c(Cl)cc(Cl)cc3c2=O)c1. The van der Waals surface area contributed by atoms with Crippen LogP contribution in [0.1, 0.15) is 11.1 Å². The maximum atomic E-state index is 12.6. The van der Waals surface area contributed by atoms with Crippen molar-refractivity contribution >= 4 is 45.7 Å². The van der Waals surface area contributed by atoms with E-state index in [4.69, 9.17) is 23.2 Å². The van der Waals surface area contributed by atoms with Crippen LogP contribution >= 0.6 is 23.2 Å². The van der Waals surface area contributed by atoms with Gasteiger partial charge in [-0.25, -0.2) is 4.98 Å². The molecule has 0 saturated heterocycles. The standard InChI is InChI=1S/C18H15Cl2N3O2/c1-10-3-11(2)5-13(4-10)22-16(24)8-23-9-21-17-14(18(23)25)6-12(19)7-15(17)20/h3-7,9H,8H2,1-2H3,(H,22,24). The molecule has 128 valence electrons. The number of halogens is 2. The minimum Gasteiger partial charge on any atom is -0.325 e. The Morgan fingerprint density at radius 2 is 1.80 bits per heavy atom. The number of rotatable bonds is 3. The van der Waals surface area contributed by atoms with Crippen LogP contribution in [-0.4, -0.2) is 15.5 Å². The third kappa shape index (κ3) is 3.83. The van der Waals surface area contributed by atoms with E-state index in [0.29, 0.717) is 21.2 Å². The monoisotopic (exact) mass is 375 g/mol. The largest absolute Gasteiger partial charge is 0.325 e. The number of benzene rings is 2. The summed E-state index contributed by atoms with van der Waals surface area (Å²) in [6.07, 6.45) is 1.31. The van der Waals surface area contributed by atoms with Gasteiger partial charge in [-0.1, -0.05) is 29.3 Å². The fraction of sp³-hybridized carbons (Fsp3) is 0.167. The summed E-state index contributed by atoms with van der Waals surface area (Å²) in [5.41, 5.74) is 2.77. The molecule has 1 amide bonds. The first-order valence-corrected chi connectivity index (χ1v) is 8.31. The molecule has 2 aromatic carbocycles. The van der Waals surface area contributed by atoms with Gasteiger partial charge >= 0.3 is 0 Å². The van der Waals surface area contributed by atoms with Crippen LogP contribution in [0, 0.1) is 13.8 Å². The third-order valence-corrected chi connectivity index (χ3v) is 4.17.